The lowest BCUT2D eigenvalue weighted by molar-refractivity contribution is 0.181. The molecular formula is C12H14N5O4P. The number of rotatable bonds is 1. The molecule has 1 aliphatic heterocycles. The summed E-state index contributed by atoms with van der Waals surface area (Å²) in [6, 6.07) is 0. The van der Waals surface area contributed by atoms with E-state index in [-0.39, 0.29) is 35.2 Å². The SMILES string of the molecule is Nc1nc2c(ncn2/C=C2\CC23CCP(=O)(O)OC3)c(=O)[nH]1. The lowest BCUT2D eigenvalue weighted by atomic mass is 10.0. The van der Waals surface area contributed by atoms with Gasteiger partial charge in [-0.05, 0) is 18.4 Å². The molecule has 1 aliphatic carbocycles. The van der Waals surface area contributed by atoms with E-state index >= 15 is 0 Å². The first kappa shape index (κ1) is 13.7. The van der Waals surface area contributed by atoms with Gasteiger partial charge in [0, 0.05) is 11.6 Å². The van der Waals surface area contributed by atoms with Gasteiger partial charge in [-0.1, -0.05) is 0 Å². The van der Waals surface area contributed by atoms with Crippen molar-refractivity contribution in [3.63, 3.8) is 0 Å². The molecule has 22 heavy (non-hydrogen) atoms. The summed E-state index contributed by atoms with van der Waals surface area (Å²) in [5.74, 6) is 0.0328. The van der Waals surface area contributed by atoms with Crippen LogP contribution in [0.1, 0.15) is 12.8 Å². The van der Waals surface area contributed by atoms with Crippen LogP contribution in [0.5, 0.6) is 0 Å². The number of hydrogen-bond donors (Lipinski definition) is 3. The Hall–Kier alpha value is -1.96. The zero-order chi connectivity index (χ0) is 15.5. The van der Waals surface area contributed by atoms with Gasteiger partial charge in [-0.3, -0.25) is 18.9 Å². The first-order valence-electron chi connectivity index (χ1n) is 6.78. The second-order valence-corrected chi connectivity index (χ2v) is 7.75. The van der Waals surface area contributed by atoms with E-state index in [1.807, 2.05) is 6.20 Å². The van der Waals surface area contributed by atoms with Gasteiger partial charge in [0.25, 0.3) is 5.56 Å². The summed E-state index contributed by atoms with van der Waals surface area (Å²) < 4.78 is 18.2. The molecule has 3 heterocycles. The van der Waals surface area contributed by atoms with E-state index in [0.29, 0.717) is 12.1 Å². The minimum atomic E-state index is -3.40. The average Bonchev–Trinajstić information content (AvgIpc) is 2.96. The van der Waals surface area contributed by atoms with Crippen LogP contribution in [0.25, 0.3) is 17.4 Å². The number of aromatic nitrogens is 4. The van der Waals surface area contributed by atoms with Gasteiger partial charge >= 0.3 is 7.60 Å². The largest absolute Gasteiger partial charge is 0.369 e. The fourth-order valence-electron chi connectivity index (χ4n) is 2.82. The average molecular weight is 323 g/mol. The number of nitrogens with one attached hydrogen (secondary N) is 1. The van der Waals surface area contributed by atoms with E-state index in [2.05, 4.69) is 15.0 Å². The molecule has 1 saturated carbocycles. The molecule has 9 nitrogen and oxygen atoms in total. The molecule has 2 fully saturated rings. The summed E-state index contributed by atoms with van der Waals surface area (Å²) >= 11 is 0. The Kier molecular flexibility index (Phi) is 2.66. The van der Waals surface area contributed by atoms with E-state index in [9.17, 15) is 14.3 Å². The van der Waals surface area contributed by atoms with Gasteiger partial charge in [-0.25, -0.2) is 4.98 Å². The summed E-state index contributed by atoms with van der Waals surface area (Å²) in [4.78, 5) is 31.7. The molecule has 4 rings (SSSR count). The third-order valence-electron chi connectivity index (χ3n) is 4.25. The maximum atomic E-state index is 11.7. The molecule has 0 radical (unpaired) electrons. The third kappa shape index (κ3) is 2.09. The van der Waals surface area contributed by atoms with Gasteiger partial charge in [0.05, 0.1) is 12.8 Å². The molecule has 2 unspecified atom stereocenters. The van der Waals surface area contributed by atoms with E-state index in [4.69, 9.17) is 10.3 Å². The van der Waals surface area contributed by atoms with Crippen molar-refractivity contribution in [2.24, 2.45) is 5.41 Å². The van der Waals surface area contributed by atoms with Crippen molar-refractivity contribution in [2.75, 3.05) is 18.5 Å². The smallest absolute Gasteiger partial charge is 0.328 e. The number of fused-ring (bicyclic) bond motifs is 1. The number of hydrogen-bond acceptors (Lipinski definition) is 6. The van der Waals surface area contributed by atoms with Crippen molar-refractivity contribution in [2.45, 2.75) is 12.8 Å². The topological polar surface area (TPSA) is 136 Å². The maximum absolute atomic E-state index is 11.7. The number of H-pyrrole nitrogens is 1. The normalized spacial score (nSPS) is 32.9. The highest BCUT2D eigenvalue weighted by Gasteiger charge is 2.53. The molecule has 2 aliphatic rings. The number of nitrogens with two attached hydrogens (primary N) is 1. The van der Waals surface area contributed by atoms with Crippen LogP contribution in [0.15, 0.2) is 16.7 Å². The predicted molar refractivity (Wildman–Crippen MR) is 79.1 cm³/mol. The van der Waals surface area contributed by atoms with Crippen molar-refractivity contribution in [3.8, 4) is 0 Å². The minimum Gasteiger partial charge on any atom is -0.369 e. The Morgan fingerprint density at radius 1 is 1.59 bits per heavy atom. The second-order valence-electron chi connectivity index (χ2n) is 5.77. The van der Waals surface area contributed by atoms with Crippen LogP contribution >= 0.6 is 7.60 Å². The first-order chi connectivity index (χ1) is 10.4. The molecule has 0 amide bonds. The monoisotopic (exact) mass is 323 g/mol. The Morgan fingerprint density at radius 2 is 2.41 bits per heavy atom. The molecule has 1 spiro atoms. The van der Waals surface area contributed by atoms with Gasteiger partial charge in [-0.2, -0.15) is 4.98 Å². The summed E-state index contributed by atoms with van der Waals surface area (Å²) in [6.07, 6.45) is 4.94. The highest BCUT2D eigenvalue weighted by Crippen LogP contribution is 2.63. The van der Waals surface area contributed by atoms with Gasteiger partial charge in [0.1, 0.15) is 6.33 Å². The van der Waals surface area contributed by atoms with Crippen molar-refractivity contribution >= 4 is 30.9 Å². The van der Waals surface area contributed by atoms with Crippen molar-refractivity contribution < 1.29 is 14.0 Å². The van der Waals surface area contributed by atoms with Gasteiger partial charge in [0.15, 0.2) is 11.2 Å². The Labute approximate surface area is 124 Å². The van der Waals surface area contributed by atoms with E-state index in [1.165, 1.54) is 6.33 Å². The minimum absolute atomic E-state index is 0.0328. The number of aromatic amines is 1. The van der Waals surface area contributed by atoms with E-state index < -0.39 is 7.60 Å². The number of imidazole rings is 1. The summed E-state index contributed by atoms with van der Waals surface area (Å²) in [5.41, 5.74) is 6.71. The Balaban J connectivity index is 1.68. The molecule has 0 aromatic carbocycles. The molecule has 2 aromatic rings. The van der Waals surface area contributed by atoms with E-state index in [0.717, 1.165) is 12.0 Å². The molecule has 2 atom stereocenters. The number of nitrogens with zero attached hydrogens (tertiary/aromatic N) is 3. The van der Waals surface area contributed by atoms with Crippen LogP contribution in [0.2, 0.25) is 0 Å². The van der Waals surface area contributed by atoms with Crippen molar-refractivity contribution in [1.29, 1.82) is 0 Å². The van der Waals surface area contributed by atoms with Gasteiger partial charge in [0.2, 0.25) is 5.95 Å². The fraction of sp³-hybridized carbons (Fsp3) is 0.417. The van der Waals surface area contributed by atoms with Crippen LogP contribution in [0.3, 0.4) is 0 Å². The van der Waals surface area contributed by atoms with E-state index in [1.54, 1.807) is 4.57 Å². The molecule has 4 N–H and O–H groups in total. The molecule has 116 valence electrons. The highest BCUT2D eigenvalue weighted by molar-refractivity contribution is 7.52. The van der Waals surface area contributed by atoms with Crippen LogP contribution in [0.4, 0.5) is 5.95 Å². The van der Waals surface area contributed by atoms with Gasteiger partial charge < -0.3 is 15.2 Å². The molecule has 2 aromatic heterocycles. The standard InChI is InChI=1S/C12H14N5O4P/c13-11-15-9-8(10(18)16-11)14-6-17(9)4-7-3-12(7)1-2-22(19,20)21-5-12/h4,6H,1-3,5H2,(H,19,20)(H3,13,15,16,18)/b7-4+. The predicted octanol–water partition coefficient (Wildman–Crippen LogP) is 0.538. The van der Waals surface area contributed by atoms with Crippen LogP contribution in [-0.4, -0.2) is 37.2 Å². The number of nitrogen functional groups attached to an aromatic ring is 1. The summed E-state index contributed by atoms with van der Waals surface area (Å²) in [5, 5.41) is 0. The molecule has 10 heteroatoms. The summed E-state index contributed by atoms with van der Waals surface area (Å²) in [7, 11) is -3.40. The number of anilines is 1. The fourth-order valence-corrected chi connectivity index (χ4v) is 4.11. The van der Waals surface area contributed by atoms with Crippen molar-refractivity contribution in [1.82, 2.24) is 19.5 Å². The quantitative estimate of drug-likeness (QED) is 0.651. The Morgan fingerprint density at radius 3 is 3.14 bits per heavy atom. The Bertz CT molecular complexity index is 902. The van der Waals surface area contributed by atoms with Gasteiger partial charge in [-0.15, -0.1) is 0 Å². The third-order valence-corrected chi connectivity index (χ3v) is 5.57. The second kappa shape index (κ2) is 4.28. The van der Waals surface area contributed by atoms with Crippen LogP contribution in [-0.2, 0) is 9.09 Å². The molecule has 0 bridgehead atoms. The molecule has 1 saturated heterocycles. The lowest BCUT2D eigenvalue weighted by Gasteiger charge is -2.24. The zero-order valence-corrected chi connectivity index (χ0v) is 12.4. The first-order valence-corrected chi connectivity index (χ1v) is 8.55. The zero-order valence-electron chi connectivity index (χ0n) is 11.5. The van der Waals surface area contributed by atoms with Crippen LogP contribution in [0, 0.1) is 5.41 Å². The highest BCUT2D eigenvalue weighted by atomic mass is 31.2. The maximum Gasteiger partial charge on any atom is 0.328 e. The molecular weight excluding hydrogens is 309 g/mol. The van der Waals surface area contributed by atoms with Crippen molar-refractivity contribution in [3.05, 3.63) is 22.3 Å². The van der Waals surface area contributed by atoms with Crippen LogP contribution < -0.4 is 11.3 Å². The lowest BCUT2D eigenvalue weighted by Crippen LogP contribution is -2.18. The summed E-state index contributed by atoms with van der Waals surface area (Å²) in [6.45, 7) is 0.245.